The van der Waals surface area contributed by atoms with E-state index in [0.717, 1.165) is 12.5 Å². The number of hydrogen-bond acceptors (Lipinski definition) is 2. The number of piperidine rings is 1. The van der Waals surface area contributed by atoms with Crippen LogP contribution in [0.15, 0.2) is 18.2 Å². The van der Waals surface area contributed by atoms with E-state index in [9.17, 15) is 18.4 Å². The lowest BCUT2D eigenvalue weighted by molar-refractivity contribution is -0.123. The van der Waals surface area contributed by atoms with Crippen LogP contribution in [0.5, 0.6) is 0 Å². The lowest BCUT2D eigenvalue weighted by Gasteiger charge is -2.33. The Morgan fingerprint density at radius 2 is 2.00 bits per heavy atom. The standard InChI is InChI=1S/C13H14F2N2O2/c14-9-5-3-4-8(11(9)15)13(19)17-7-2-1-6-10(17)12(16)18/h3-5,10H,1-2,6-7H2,(H2,16,18). The summed E-state index contributed by atoms with van der Waals surface area (Å²) in [6.07, 6.45) is 1.95. The van der Waals surface area contributed by atoms with Crippen molar-refractivity contribution in [2.24, 2.45) is 5.73 Å². The fourth-order valence-electron chi connectivity index (χ4n) is 2.29. The Bertz CT molecular complexity index is 519. The number of carbonyl (C=O) groups is 2. The molecule has 0 spiro atoms. The molecule has 1 unspecified atom stereocenters. The minimum absolute atomic E-state index is 0.322. The van der Waals surface area contributed by atoms with Gasteiger partial charge < -0.3 is 10.6 Å². The Morgan fingerprint density at radius 1 is 1.26 bits per heavy atom. The van der Waals surface area contributed by atoms with Crippen LogP contribution in [0.1, 0.15) is 29.6 Å². The third-order valence-corrected chi connectivity index (χ3v) is 3.27. The summed E-state index contributed by atoms with van der Waals surface area (Å²) in [6.45, 7) is 0.322. The molecule has 6 heteroatoms. The average molecular weight is 268 g/mol. The zero-order valence-corrected chi connectivity index (χ0v) is 10.2. The summed E-state index contributed by atoms with van der Waals surface area (Å²) in [5.74, 6) is -3.59. The molecule has 0 aliphatic carbocycles. The molecule has 0 bridgehead atoms. The van der Waals surface area contributed by atoms with Crippen LogP contribution in [0.4, 0.5) is 8.78 Å². The van der Waals surface area contributed by atoms with Crippen molar-refractivity contribution in [3.05, 3.63) is 35.4 Å². The summed E-state index contributed by atoms with van der Waals surface area (Å²) >= 11 is 0. The number of benzene rings is 1. The van der Waals surface area contributed by atoms with E-state index in [1.54, 1.807) is 0 Å². The molecule has 1 aliphatic heterocycles. The highest BCUT2D eigenvalue weighted by atomic mass is 19.2. The molecule has 2 amide bonds. The molecule has 1 aliphatic rings. The van der Waals surface area contributed by atoms with E-state index in [2.05, 4.69) is 0 Å². The van der Waals surface area contributed by atoms with E-state index in [4.69, 9.17) is 5.73 Å². The van der Waals surface area contributed by atoms with Gasteiger partial charge in [-0.25, -0.2) is 8.78 Å². The average Bonchev–Trinajstić information content (AvgIpc) is 2.41. The number of carbonyl (C=O) groups excluding carboxylic acids is 2. The minimum Gasteiger partial charge on any atom is -0.368 e. The highest BCUT2D eigenvalue weighted by molar-refractivity contribution is 5.97. The smallest absolute Gasteiger partial charge is 0.257 e. The molecule has 102 valence electrons. The van der Waals surface area contributed by atoms with Gasteiger partial charge in [0, 0.05) is 6.54 Å². The number of rotatable bonds is 2. The number of halogens is 2. The number of nitrogens with zero attached hydrogens (tertiary/aromatic N) is 1. The molecular formula is C13H14F2N2O2. The predicted molar refractivity (Wildman–Crippen MR) is 64.2 cm³/mol. The minimum atomic E-state index is -1.19. The van der Waals surface area contributed by atoms with Gasteiger partial charge in [-0.15, -0.1) is 0 Å². The number of amides is 2. The van der Waals surface area contributed by atoms with Crippen LogP contribution in [-0.2, 0) is 4.79 Å². The van der Waals surface area contributed by atoms with Crippen molar-refractivity contribution in [3.8, 4) is 0 Å². The number of nitrogens with two attached hydrogens (primary N) is 1. The van der Waals surface area contributed by atoms with Gasteiger partial charge in [-0.2, -0.15) is 0 Å². The van der Waals surface area contributed by atoms with E-state index in [-0.39, 0.29) is 5.56 Å². The van der Waals surface area contributed by atoms with E-state index >= 15 is 0 Å². The maximum absolute atomic E-state index is 13.6. The monoisotopic (exact) mass is 268 g/mol. The van der Waals surface area contributed by atoms with Gasteiger partial charge in [0.25, 0.3) is 5.91 Å². The molecule has 2 N–H and O–H groups in total. The molecule has 1 heterocycles. The maximum Gasteiger partial charge on any atom is 0.257 e. The molecule has 1 aromatic rings. The molecule has 1 atom stereocenters. The van der Waals surface area contributed by atoms with Gasteiger partial charge in [0.15, 0.2) is 11.6 Å². The van der Waals surface area contributed by atoms with E-state index in [0.29, 0.717) is 19.4 Å². The van der Waals surface area contributed by atoms with Crippen LogP contribution in [0.25, 0.3) is 0 Å². The van der Waals surface area contributed by atoms with E-state index in [1.807, 2.05) is 0 Å². The lowest BCUT2D eigenvalue weighted by Crippen LogP contribution is -2.50. The summed E-state index contributed by atoms with van der Waals surface area (Å²) in [5, 5.41) is 0. The Hall–Kier alpha value is -1.98. The largest absolute Gasteiger partial charge is 0.368 e. The number of primary amides is 1. The molecule has 0 radical (unpaired) electrons. The maximum atomic E-state index is 13.6. The summed E-state index contributed by atoms with van der Waals surface area (Å²) in [7, 11) is 0. The van der Waals surface area contributed by atoms with Crippen molar-refractivity contribution in [1.29, 1.82) is 0 Å². The zero-order chi connectivity index (χ0) is 14.0. The van der Waals surface area contributed by atoms with Crippen LogP contribution in [0.3, 0.4) is 0 Å². The third-order valence-electron chi connectivity index (χ3n) is 3.27. The van der Waals surface area contributed by atoms with Gasteiger partial charge in [-0.05, 0) is 31.4 Å². The Kier molecular flexibility index (Phi) is 3.78. The second-order valence-electron chi connectivity index (χ2n) is 4.51. The number of hydrogen-bond donors (Lipinski definition) is 1. The molecule has 4 nitrogen and oxygen atoms in total. The Balaban J connectivity index is 2.31. The van der Waals surface area contributed by atoms with Crippen molar-refractivity contribution < 1.29 is 18.4 Å². The van der Waals surface area contributed by atoms with Gasteiger partial charge in [-0.1, -0.05) is 6.07 Å². The molecule has 2 rings (SSSR count). The molecule has 1 fully saturated rings. The van der Waals surface area contributed by atoms with Gasteiger partial charge in [0.2, 0.25) is 5.91 Å². The normalized spacial score (nSPS) is 19.3. The van der Waals surface area contributed by atoms with Gasteiger partial charge in [0.05, 0.1) is 5.56 Å². The van der Waals surface area contributed by atoms with Crippen LogP contribution in [0, 0.1) is 11.6 Å². The topological polar surface area (TPSA) is 63.4 Å². The lowest BCUT2D eigenvalue weighted by atomic mass is 10.00. The van der Waals surface area contributed by atoms with Crippen LogP contribution < -0.4 is 5.73 Å². The van der Waals surface area contributed by atoms with E-state index in [1.165, 1.54) is 17.0 Å². The fraction of sp³-hybridized carbons (Fsp3) is 0.385. The highest BCUT2D eigenvalue weighted by Gasteiger charge is 2.32. The summed E-state index contributed by atoms with van der Waals surface area (Å²) < 4.78 is 26.7. The van der Waals surface area contributed by atoms with Crippen LogP contribution in [-0.4, -0.2) is 29.3 Å². The predicted octanol–water partition coefficient (Wildman–Crippen LogP) is 1.44. The van der Waals surface area contributed by atoms with Gasteiger partial charge in [-0.3, -0.25) is 9.59 Å². The Morgan fingerprint density at radius 3 is 2.68 bits per heavy atom. The second-order valence-corrected chi connectivity index (χ2v) is 4.51. The van der Waals surface area contributed by atoms with Gasteiger partial charge in [0.1, 0.15) is 6.04 Å². The molecule has 0 saturated carbocycles. The summed E-state index contributed by atoms with van der Waals surface area (Å²) in [6, 6.07) is 2.65. The molecule has 19 heavy (non-hydrogen) atoms. The fourth-order valence-corrected chi connectivity index (χ4v) is 2.29. The van der Waals surface area contributed by atoms with Crippen molar-refractivity contribution in [2.75, 3.05) is 6.54 Å². The summed E-state index contributed by atoms with van der Waals surface area (Å²) in [4.78, 5) is 24.7. The van der Waals surface area contributed by atoms with E-state index < -0.39 is 29.5 Å². The van der Waals surface area contributed by atoms with Crippen molar-refractivity contribution in [3.63, 3.8) is 0 Å². The van der Waals surface area contributed by atoms with Gasteiger partial charge >= 0.3 is 0 Å². The first kappa shape index (κ1) is 13.5. The summed E-state index contributed by atoms with van der Waals surface area (Å²) in [5.41, 5.74) is 4.87. The quantitative estimate of drug-likeness (QED) is 0.882. The van der Waals surface area contributed by atoms with Crippen molar-refractivity contribution in [1.82, 2.24) is 4.90 Å². The van der Waals surface area contributed by atoms with Crippen molar-refractivity contribution >= 4 is 11.8 Å². The molecule has 1 saturated heterocycles. The second kappa shape index (κ2) is 5.34. The molecular weight excluding hydrogens is 254 g/mol. The first-order chi connectivity index (χ1) is 9.02. The Labute approximate surface area is 109 Å². The zero-order valence-electron chi connectivity index (χ0n) is 10.2. The first-order valence-electron chi connectivity index (χ1n) is 6.06. The first-order valence-corrected chi connectivity index (χ1v) is 6.06. The van der Waals surface area contributed by atoms with Crippen LogP contribution >= 0.6 is 0 Å². The third kappa shape index (κ3) is 2.57. The molecule has 0 aromatic heterocycles. The SMILES string of the molecule is NC(=O)C1CCCCN1C(=O)c1cccc(F)c1F. The number of likely N-dealkylation sites (tertiary alicyclic amines) is 1. The highest BCUT2D eigenvalue weighted by Crippen LogP contribution is 2.21. The molecule has 1 aromatic carbocycles. The van der Waals surface area contributed by atoms with Crippen LogP contribution in [0.2, 0.25) is 0 Å². The van der Waals surface area contributed by atoms with Crippen molar-refractivity contribution in [2.45, 2.75) is 25.3 Å².